The first-order valence-corrected chi connectivity index (χ1v) is 4.90. The lowest BCUT2D eigenvalue weighted by Crippen LogP contribution is -2.26. The van der Waals surface area contributed by atoms with Crippen LogP contribution in [0.15, 0.2) is 0 Å². The summed E-state index contributed by atoms with van der Waals surface area (Å²) in [5.74, 6) is 0. The summed E-state index contributed by atoms with van der Waals surface area (Å²) < 4.78 is 23.0. The highest BCUT2D eigenvalue weighted by Crippen LogP contribution is 2.10. The molecule has 0 unspecified atom stereocenters. The Morgan fingerprint density at radius 2 is 1.67 bits per heavy atom. The quantitative estimate of drug-likeness (QED) is 0.528. The molecule has 3 nitrogen and oxygen atoms in total. The Balaban J connectivity index is 2.63. The second-order valence-corrected chi connectivity index (χ2v) is 4.35. The molecule has 1 rings (SSSR count). The summed E-state index contributed by atoms with van der Waals surface area (Å²) in [6.45, 7) is 1.44. The van der Waals surface area contributed by atoms with Crippen molar-refractivity contribution in [3.05, 3.63) is 0 Å². The largest absolute Gasteiger partial charge is 0.213 e. The van der Waals surface area contributed by atoms with Gasteiger partial charge in [-0.25, -0.2) is 12.7 Å². The number of sulfonamides is 1. The highest BCUT2D eigenvalue weighted by atomic mass is 32.2. The molecule has 0 atom stereocenters. The third-order valence-corrected chi connectivity index (χ3v) is 2.84. The van der Waals surface area contributed by atoms with Gasteiger partial charge in [-0.2, -0.15) is 0 Å². The van der Waals surface area contributed by atoms with Gasteiger partial charge >= 0.3 is 0 Å². The molecular formula is C5H11NO2S. The first-order valence-electron chi connectivity index (χ1n) is 3.06. The Bertz CT molecular complexity index is 179. The van der Waals surface area contributed by atoms with E-state index in [1.54, 1.807) is 0 Å². The standard InChI is InChI=1S/C5H11NO2S/c1-9(7,8)6-4-2-3-5-6/h2-5H2,1H3. The van der Waals surface area contributed by atoms with Gasteiger partial charge in [0.15, 0.2) is 0 Å². The molecule has 54 valence electrons. The maximum absolute atomic E-state index is 10.8. The van der Waals surface area contributed by atoms with Crippen LogP contribution >= 0.6 is 0 Å². The summed E-state index contributed by atoms with van der Waals surface area (Å²) in [5.41, 5.74) is 0. The fourth-order valence-electron chi connectivity index (χ4n) is 1.02. The fourth-order valence-corrected chi connectivity index (χ4v) is 1.94. The molecule has 0 aromatic rings. The first kappa shape index (κ1) is 7.02. The molecule has 1 aliphatic heterocycles. The van der Waals surface area contributed by atoms with Gasteiger partial charge < -0.3 is 0 Å². The summed E-state index contributed by atoms with van der Waals surface area (Å²) in [5, 5.41) is 0. The van der Waals surface area contributed by atoms with Gasteiger partial charge in [0, 0.05) is 13.1 Å². The smallest absolute Gasteiger partial charge is 0.211 e. The number of nitrogens with zero attached hydrogens (tertiary/aromatic N) is 1. The van der Waals surface area contributed by atoms with Crippen molar-refractivity contribution in [3.63, 3.8) is 0 Å². The number of hydrogen-bond donors (Lipinski definition) is 0. The Morgan fingerprint density at radius 3 is 1.89 bits per heavy atom. The minimum atomic E-state index is -2.87. The van der Waals surface area contributed by atoms with Crippen molar-refractivity contribution in [2.24, 2.45) is 0 Å². The van der Waals surface area contributed by atoms with Crippen LogP contribution in [0.25, 0.3) is 0 Å². The summed E-state index contributed by atoms with van der Waals surface area (Å²) in [6, 6.07) is 0. The Hall–Kier alpha value is -0.0900. The van der Waals surface area contributed by atoms with E-state index in [9.17, 15) is 8.42 Å². The molecule has 0 aromatic heterocycles. The highest BCUT2D eigenvalue weighted by molar-refractivity contribution is 7.88. The molecular weight excluding hydrogens is 138 g/mol. The van der Waals surface area contributed by atoms with E-state index in [0.717, 1.165) is 25.9 Å². The zero-order valence-corrected chi connectivity index (χ0v) is 6.32. The number of hydrogen-bond acceptors (Lipinski definition) is 2. The van der Waals surface area contributed by atoms with Crippen molar-refractivity contribution in [1.82, 2.24) is 4.31 Å². The van der Waals surface area contributed by atoms with E-state index in [4.69, 9.17) is 0 Å². The fraction of sp³-hybridized carbons (Fsp3) is 1.00. The molecule has 9 heavy (non-hydrogen) atoms. The Kier molecular flexibility index (Phi) is 1.77. The minimum absolute atomic E-state index is 0.721. The van der Waals surface area contributed by atoms with E-state index in [1.165, 1.54) is 10.6 Å². The molecule has 1 fully saturated rings. The summed E-state index contributed by atoms with van der Waals surface area (Å²) >= 11 is 0. The van der Waals surface area contributed by atoms with Crippen molar-refractivity contribution in [2.45, 2.75) is 12.8 Å². The molecule has 0 saturated carbocycles. The van der Waals surface area contributed by atoms with E-state index < -0.39 is 10.0 Å². The molecule has 1 aliphatic rings. The van der Waals surface area contributed by atoms with Crippen molar-refractivity contribution >= 4 is 10.0 Å². The topological polar surface area (TPSA) is 37.4 Å². The molecule has 0 spiro atoms. The SMILES string of the molecule is CS(=O)(=O)N1CCCC1. The maximum Gasteiger partial charge on any atom is 0.211 e. The number of rotatable bonds is 1. The molecule has 0 amide bonds. The lowest BCUT2D eigenvalue weighted by Gasteiger charge is -2.09. The van der Waals surface area contributed by atoms with Crippen LogP contribution in [0.4, 0.5) is 0 Å². The Labute approximate surface area is 55.7 Å². The van der Waals surface area contributed by atoms with Crippen LogP contribution in [-0.4, -0.2) is 32.1 Å². The molecule has 1 saturated heterocycles. The van der Waals surface area contributed by atoms with Gasteiger partial charge in [-0.15, -0.1) is 0 Å². The second kappa shape index (κ2) is 2.27. The van der Waals surface area contributed by atoms with Crippen molar-refractivity contribution < 1.29 is 8.42 Å². The molecule has 0 bridgehead atoms. The van der Waals surface area contributed by atoms with Gasteiger partial charge in [0.05, 0.1) is 6.26 Å². The van der Waals surface area contributed by atoms with Crippen molar-refractivity contribution in [2.75, 3.05) is 19.3 Å². The van der Waals surface area contributed by atoms with E-state index in [2.05, 4.69) is 0 Å². The van der Waals surface area contributed by atoms with Gasteiger partial charge in [-0.1, -0.05) is 0 Å². The van der Waals surface area contributed by atoms with Gasteiger partial charge in [-0.3, -0.25) is 0 Å². The van der Waals surface area contributed by atoms with Gasteiger partial charge in [0.25, 0.3) is 0 Å². The molecule has 0 radical (unpaired) electrons. The average Bonchev–Trinajstić information content (AvgIpc) is 2.08. The Morgan fingerprint density at radius 1 is 1.22 bits per heavy atom. The van der Waals surface area contributed by atoms with Gasteiger partial charge in [-0.05, 0) is 12.8 Å². The maximum atomic E-state index is 10.8. The van der Waals surface area contributed by atoms with Crippen molar-refractivity contribution in [3.8, 4) is 0 Å². The minimum Gasteiger partial charge on any atom is -0.213 e. The predicted octanol–water partition coefficient (Wildman–Crippen LogP) is 0.0418. The summed E-state index contributed by atoms with van der Waals surface area (Å²) in [6.07, 6.45) is 3.30. The first-order chi connectivity index (χ1) is 4.11. The second-order valence-electron chi connectivity index (χ2n) is 2.37. The van der Waals surface area contributed by atoms with Crippen LogP contribution in [0.5, 0.6) is 0 Å². The molecule has 1 heterocycles. The lowest BCUT2D eigenvalue weighted by molar-refractivity contribution is 0.483. The van der Waals surface area contributed by atoms with Crippen LogP contribution in [-0.2, 0) is 10.0 Å². The van der Waals surface area contributed by atoms with Crippen LogP contribution in [0.2, 0.25) is 0 Å². The van der Waals surface area contributed by atoms with Crippen LogP contribution in [0, 0.1) is 0 Å². The van der Waals surface area contributed by atoms with E-state index in [1.807, 2.05) is 0 Å². The predicted molar refractivity (Wildman–Crippen MR) is 35.7 cm³/mol. The zero-order chi connectivity index (χ0) is 6.91. The molecule has 4 heteroatoms. The van der Waals surface area contributed by atoms with E-state index >= 15 is 0 Å². The third-order valence-electron chi connectivity index (χ3n) is 1.53. The highest BCUT2D eigenvalue weighted by Gasteiger charge is 2.19. The molecule has 0 aromatic carbocycles. The van der Waals surface area contributed by atoms with Crippen molar-refractivity contribution in [1.29, 1.82) is 0 Å². The van der Waals surface area contributed by atoms with E-state index in [-0.39, 0.29) is 0 Å². The van der Waals surface area contributed by atoms with Gasteiger partial charge in [0.2, 0.25) is 10.0 Å². The lowest BCUT2D eigenvalue weighted by atomic mass is 10.4. The van der Waals surface area contributed by atoms with Crippen LogP contribution < -0.4 is 0 Å². The van der Waals surface area contributed by atoms with Crippen LogP contribution in [0.3, 0.4) is 0 Å². The monoisotopic (exact) mass is 149 g/mol. The average molecular weight is 149 g/mol. The molecule has 0 N–H and O–H groups in total. The van der Waals surface area contributed by atoms with E-state index in [0.29, 0.717) is 0 Å². The molecule has 0 aliphatic carbocycles. The third kappa shape index (κ3) is 1.66. The normalized spacial score (nSPS) is 22.8. The zero-order valence-electron chi connectivity index (χ0n) is 5.50. The summed E-state index contributed by atoms with van der Waals surface area (Å²) in [4.78, 5) is 0. The summed E-state index contributed by atoms with van der Waals surface area (Å²) in [7, 11) is -2.87. The van der Waals surface area contributed by atoms with Gasteiger partial charge in [0.1, 0.15) is 0 Å². The van der Waals surface area contributed by atoms with Crippen LogP contribution in [0.1, 0.15) is 12.8 Å².